The SMILES string of the molecule is Cc1ccc(NC(=O)CN(C)C(=O)[C@@H](C)OC(=O)C2CC2)cc1. The van der Waals surface area contributed by atoms with E-state index in [1.807, 2.05) is 19.1 Å². The first kappa shape index (κ1) is 17.0. The number of rotatable bonds is 6. The standard InChI is InChI=1S/C17H22N2O4/c1-11-4-8-14(9-5-11)18-15(20)10-19(3)16(21)12(2)23-17(22)13-6-7-13/h4-5,8-9,12-13H,6-7,10H2,1-3H3,(H,18,20)/t12-/m1/s1. The van der Waals surface area contributed by atoms with Crippen LogP contribution >= 0.6 is 0 Å². The fourth-order valence-electron chi connectivity index (χ4n) is 2.08. The van der Waals surface area contributed by atoms with Crippen LogP contribution in [0.5, 0.6) is 0 Å². The molecule has 6 heteroatoms. The lowest BCUT2D eigenvalue weighted by molar-refractivity contribution is -0.159. The van der Waals surface area contributed by atoms with Gasteiger partial charge < -0.3 is 15.0 Å². The van der Waals surface area contributed by atoms with E-state index in [2.05, 4.69) is 5.32 Å². The Kier molecular flexibility index (Phi) is 5.36. The van der Waals surface area contributed by atoms with E-state index >= 15 is 0 Å². The number of nitrogens with zero attached hydrogens (tertiary/aromatic N) is 1. The quantitative estimate of drug-likeness (QED) is 0.811. The second-order valence-corrected chi connectivity index (χ2v) is 5.96. The summed E-state index contributed by atoms with van der Waals surface area (Å²) in [7, 11) is 1.51. The second kappa shape index (κ2) is 7.26. The van der Waals surface area contributed by atoms with Crippen LogP contribution in [0.25, 0.3) is 0 Å². The Labute approximate surface area is 135 Å². The molecule has 2 amide bonds. The van der Waals surface area contributed by atoms with E-state index in [9.17, 15) is 14.4 Å². The third-order valence-electron chi connectivity index (χ3n) is 3.64. The zero-order valence-corrected chi connectivity index (χ0v) is 13.7. The number of esters is 1. The van der Waals surface area contributed by atoms with Crippen molar-refractivity contribution in [3.8, 4) is 0 Å². The molecule has 0 aliphatic heterocycles. The Morgan fingerprint density at radius 2 is 1.87 bits per heavy atom. The molecule has 0 saturated heterocycles. The number of hydrogen-bond donors (Lipinski definition) is 1. The fraction of sp³-hybridized carbons (Fsp3) is 0.471. The fourth-order valence-corrected chi connectivity index (χ4v) is 2.08. The zero-order valence-electron chi connectivity index (χ0n) is 13.7. The summed E-state index contributed by atoms with van der Waals surface area (Å²) in [5, 5.41) is 2.72. The Morgan fingerprint density at radius 1 is 1.26 bits per heavy atom. The number of hydrogen-bond acceptors (Lipinski definition) is 4. The second-order valence-electron chi connectivity index (χ2n) is 5.96. The van der Waals surface area contributed by atoms with E-state index in [1.165, 1.54) is 18.9 Å². The van der Waals surface area contributed by atoms with Gasteiger partial charge in [-0.3, -0.25) is 14.4 Å². The van der Waals surface area contributed by atoms with Gasteiger partial charge in [0.25, 0.3) is 5.91 Å². The zero-order chi connectivity index (χ0) is 17.0. The molecule has 1 fully saturated rings. The molecule has 0 aromatic heterocycles. The van der Waals surface area contributed by atoms with Crippen molar-refractivity contribution in [1.82, 2.24) is 4.90 Å². The maximum atomic E-state index is 12.1. The highest BCUT2D eigenvalue weighted by molar-refractivity contribution is 5.95. The molecule has 2 rings (SSSR count). The molecule has 124 valence electrons. The van der Waals surface area contributed by atoms with Crippen molar-refractivity contribution in [3.05, 3.63) is 29.8 Å². The molecule has 1 aromatic rings. The average molecular weight is 318 g/mol. The molecular formula is C17H22N2O4. The third kappa shape index (κ3) is 5.09. The minimum atomic E-state index is -0.875. The van der Waals surface area contributed by atoms with Crippen molar-refractivity contribution in [2.24, 2.45) is 5.92 Å². The lowest BCUT2D eigenvalue weighted by Gasteiger charge is -2.21. The average Bonchev–Trinajstić information content (AvgIpc) is 3.33. The first-order valence-electron chi connectivity index (χ1n) is 7.69. The monoisotopic (exact) mass is 318 g/mol. The van der Waals surface area contributed by atoms with Gasteiger partial charge in [0.15, 0.2) is 6.10 Å². The predicted octanol–water partition coefficient (Wildman–Crippen LogP) is 1.73. The maximum Gasteiger partial charge on any atom is 0.309 e. The molecule has 6 nitrogen and oxygen atoms in total. The van der Waals surface area contributed by atoms with Crippen LogP contribution in [-0.2, 0) is 19.1 Å². The highest BCUT2D eigenvalue weighted by Gasteiger charge is 2.34. The number of aryl methyl sites for hydroxylation is 1. The van der Waals surface area contributed by atoms with Crippen LogP contribution < -0.4 is 5.32 Å². The minimum Gasteiger partial charge on any atom is -0.452 e. The van der Waals surface area contributed by atoms with Gasteiger partial charge in [0.05, 0.1) is 12.5 Å². The first-order chi connectivity index (χ1) is 10.9. The van der Waals surface area contributed by atoms with Crippen molar-refractivity contribution in [2.45, 2.75) is 32.8 Å². The van der Waals surface area contributed by atoms with Gasteiger partial charge >= 0.3 is 5.97 Å². The van der Waals surface area contributed by atoms with Crippen LogP contribution in [-0.4, -0.2) is 42.4 Å². The van der Waals surface area contributed by atoms with Gasteiger partial charge in [0.2, 0.25) is 5.91 Å². The molecule has 0 heterocycles. The third-order valence-corrected chi connectivity index (χ3v) is 3.64. The highest BCUT2D eigenvalue weighted by Crippen LogP contribution is 2.30. The number of carbonyl (C=O) groups excluding carboxylic acids is 3. The normalized spacial score (nSPS) is 14.7. The number of ether oxygens (including phenoxy) is 1. The Bertz CT molecular complexity index is 593. The van der Waals surface area contributed by atoms with Crippen molar-refractivity contribution in [2.75, 3.05) is 18.9 Å². The molecule has 0 unspecified atom stereocenters. The summed E-state index contributed by atoms with van der Waals surface area (Å²) in [4.78, 5) is 36.9. The summed E-state index contributed by atoms with van der Waals surface area (Å²) in [6.07, 6.45) is 0.781. The van der Waals surface area contributed by atoms with Crippen LogP contribution in [0.15, 0.2) is 24.3 Å². The van der Waals surface area contributed by atoms with Crippen molar-refractivity contribution in [1.29, 1.82) is 0 Å². The van der Waals surface area contributed by atoms with E-state index in [1.54, 1.807) is 12.1 Å². The Morgan fingerprint density at radius 3 is 2.43 bits per heavy atom. The maximum absolute atomic E-state index is 12.1. The molecule has 1 aliphatic rings. The minimum absolute atomic E-state index is 0.0552. The number of likely N-dealkylation sites (N-methyl/N-ethyl adjacent to an activating group) is 1. The number of anilines is 1. The van der Waals surface area contributed by atoms with Crippen LogP contribution in [0.3, 0.4) is 0 Å². The molecule has 1 N–H and O–H groups in total. The molecule has 0 spiro atoms. The molecule has 1 aromatic carbocycles. The number of amides is 2. The topological polar surface area (TPSA) is 75.7 Å². The lowest BCUT2D eigenvalue weighted by atomic mass is 10.2. The highest BCUT2D eigenvalue weighted by atomic mass is 16.5. The van der Waals surface area contributed by atoms with Crippen LogP contribution in [0, 0.1) is 12.8 Å². The summed E-state index contributed by atoms with van der Waals surface area (Å²) in [6, 6.07) is 7.39. The number of nitrogens with one attached hydrogen (secondary N) is 1. The summed E-state index contributed by atoms with van der Waals surface area (Å²) in [5.74, 6) is -1.08. The van der Waals surface area contributed by atoms with E-state index in [-0.39, 0.29) is 24.3 Å². The van der Waals surface area contributed by atoms with E-state index in [4.69, 9.17) is 4.74 Å². The van der Waals surface area contributed by atoms with Gasteiger partial charge in [0, 0.05) is 12.7 Å². The van der Waals surface area contributed by atoms with E-state index in [0.717, 1.165) is 18.4 Å². The first-order valence-corrected chi connectivity index (χ1v) is 7.69. The van der Waals surface area contributed by atoms with Crippen molar-refractivity contribution >= 4 is 23.5 Å². The molecule has 1 saturated carbocycles. The van der Waals surface area contributed by atoms with Gasteiger partial charge in [-0.1, -0.05) is 17.7 Å². The molecular weight excluding hydrogens is 296 g/mol. The summed E-state index contributed by atoms with van der Waals surface area (Å²) in [6.45, 7) is 3.39. The smallest absolute Gasteiger partial charge is 0.309 e. The van der Waals surface area contributed by atoms with Crippen LogP contribution in [0.4, 0.5) is 5.69 Å². The van der Waals surface area contributed by atoms with E-state index in [0.29, 0.717) is 5.69 Å². The number of carbonyl (C=O) groups is 3. The molecule has 0 bridgehead atoms. The van der Waals surface area contributed by atoms with Crippen LogP contribution in [0.2, 0.25) is 0 Å². The van der Waals surface area contributed by atoms with Crippen LogP contribution in [0.1, 0.15) is 25.3 Å². The van der Waals surface area contributed by atoms with Gasteiger partial charge in [-0.2, -0.15) is 0 Å². The van der Waals surface area contributed by atoms with Gasteiger partial charge in [-0.05, 0) is 38.8 Å². The Balaban J connectivity index is 1.80. The largest absolute Gasteiger partial charge is 0.452 e. The summed E-state index contributed by atoms with van der Waals surface area (Å²) >= 11 is 0. The lowest BCUT2D eigenvalue weighted by Crippen LogP contribution is -2.41. The number of benzene rings is 1. The van der Waals surface area contributed by atoms with E-state index < -0.39 is 12.0 Å². The predicted molar refractivity (Wildman–Crippen MR) is 85.7 cm³/mol. The molecule has 1 atom stereocenters. The van der Waals surface area contributed by atoms with Gasteiger partial charge in [-0.25, -0.2) is 0 Å². The molecule has 0 radical (unpaired) electrons. The molecule has 1 aliphatic carbocycles. The molecule has 23 heavy (non-hydrogen) atoms. The summed E-state index contributed by atoms with van der Waals surface area (Å²) in [5.41, 5.74) is 1.77. The Hall–Kier alpha value is -2.37. The van der Waals surface area contributed by atoms with Crippen molar-refractivity contribution in [3.63, 3.8) is 0 Å². The summed E-state index contributed by atoms with van der Waals surface area (Å²) < 4.78 is 5.11. The van der Waals surface area contributed by atoms with Gasteiger partial charge in [-0.15, -0.1) is 0 Å². The van der Waals surface area contributed by atoms with Crippen molar-refractivity contribution < 1.29 is 19.1 Å². The van der Waals surface area contributed by atoms with Gasteiger partial charge in [0.1, 0.15) is 0 Å².